The van der Waals surface area contributed by atoms with Gasteiger partial charge in [0.2, 0.25) is 0 Å². The highest BCUT2D eigenvalue weighted by Crippen LogP contribution is 2.66. The standard InChI is InChI=1S/C63H44N2/c1-4-19-43(20-5-1)44-39-41-49(42-40-44)65-59-34-17-16-33-58(59)64-61(65)46-37-35-45(36-38-46)50-25-10-12-28-53(50)62(47-21-6-2-7-22-47)55-30-14-15-31-56(55)63(48-23-8-3-9-24-48)54-29-13-11-26-51(54)52-27-18-32-57(62)60(52)63/h1-42,61,64H. The summed E-state index contributed by atoms with van der Waals surface area (Å²) in [6.45, 7) is 0. The highest BCUT2D eigenvalue weighted by atomic mass is 15.3. The molecule has 0 amide bonds. The van der Waals surface area contributed by atoms with Crippen LogP contribution >= 0.6 is 0 Å². The van der Waals surface area contributed by atoms with Gasteiger partial charge in [-0.05, 0) is 108 Å². The van der Waals surface area contributed by atoms with E-state index in [9.17, 15) is 0 Å². The van der Waals surface area contributed by atoms with Crippen LogP contribution in [-0.4, -0.2) is 0 Å². The average molecular weight is 829 g/mol. The first-order valence-corrected chi connectivity index (χ1v) is 22.7. The van der Waals surface area contributed by atoms with Gasteiger partial charge >= 0.3 is 0 Å². The molecule has 0 saturated carbocycles. The average Bonchev–Trinajstić information content (AvgIpc) is 3.93. The molecule has 0 bridgehead atoms. The van der Waals surface area contributed by atoms with E-state index in [4.69, 9.17) is 0 Å². The molecule has 3 unspecified atom stereocenters. The van der Waals surface area contributed by atoms with Gasteiger partial charge in [0.25, 0.3) is 0 Å². The lowest BCUT2D eigenvalue weighted by atomic mass is 9.51. The molecule has 1 aliphatic heterocycles. The lowest BCUT2D eigenvalue weighted by Gasteiger charge is -2.50. The molecule has 13 rings (SSSR count). The molecule has 10 aromatic rings. The molecule has 306 valence electrons. The number of nitrogens with zero attached hydrogens (tertiary/aromatic N) is 1. The van der Waals surface area contributed by atoms with Crippen LogP contribution < -0.4 is 10.2 Å². The van der Waals surface area contributed by atoms with Gasteiger partial charge in [-0.15, -0.1) is 0 Å². The second kappa shape index (κ2) is 14.7. The van der Waals surface area contributed by atoms with Crippen molar-refractivity contribution >= 4 is 17.1 Å². The third-order valence-corrected chi connectivity index (χ3v) is 14.4. The fourth-order valence-corrected chi connectivity index (χ4v) is 11.9. The predicted octanol–water partition coefficient (Wildman–Crippen LogP) is 15.3. The van der Waals surface area contributed by atoms with Crippen molar-refractivity contribution in [1.29, 1.82) is 0 Å². The zero-order chi connectivity index (χ0) is 43.0. The van der Waals surface area contributed by atoms with Crippen molar-refractivity contribution < 1.29 is 0 Å². The van der Waals surface area contributed by atoms with Gasteiger partial charge in [0.15, 0.2) is 0 Å². The second-order valence-electron chi connectivity index (χ2n) is 17.6. The maximum Gasteiger partial charge on any atom is 0.130 e. The number of benzene rings is 10. The van der Waals surface area contributed by atoms with Crippen molar-refractivity contribution in [3.8, 4) is 33.4 Å². The van der Waals surface area contributed by atoms with E-state index in [1.54, 1.807) is 0 Å². The zero-order valence-electron chi connectivity index (χ0n) is 35.8. The van der Waals surface area contributed by atoms with Crippen molar-refractivity contribution in [2.45, 2.75) is 17.0 Å². The zero-order valence-corrected chi connectivity index (χ0v) is 35.8. The van der Waals surface area contributed by atoms with Crippen molar-refractivity contribution in [3.63, 3.8) is 0 Å². The van der Waals surface area contributed by atoms with E-state index in [0.29, 0.717) is 0 Å². The van der Waals surface area contributed by atoms with Crippen LogP contribution in [0.3, 0.4) is 0 Å². The first kappa shape index (κ1) is 37.4. The number of para-hydroxylation sites is 2. The molecule has 2 aliphatic carbocycles. The molecule has 2 heteroatoms. The molecular formula is C63H44N2. The van der Waals surface area contributed by atoms with Gasteiger partial charge in [0.05, 0.1) is 22.2 Å². The number of hydrogen-bond acceptors (Lipinski definition) is 2. The molecule has 1 heterocycles. The van der Waals surface area contributed by atoms with Crippen LogP contribution in [0.25, 0.3) is 33.4 Å². The Balaban J connectivity index is 0.992. The highest BCUT2D eigenvalue weighted by molar-refractivity contribution is 5.93. The van der Waals surface area contributed by atoms with E-state index in [1.165, 1.54) is 89.1 Å². The lowest BCUT2D eigenvalue weighted by Crippen LogP contribution is -2.44. The number of hydrogen-bond donors (Lipinski definition) is 1. The molecule has 10 aromatic carbocycles. The van der Waals surface area contributed by atoms with Crippen molar-refractivity contribution in [3.05, 3.63) is 305 Å². The van der Waals surface area contributed by atoms with Crippen LogP contribution in [0.2, 0.25) is 0 Å². The van der Waals surface area contributed by atoms with E-state index in [2.05, 4.69) is 265 Å². The van der Waals surface area contributed by atoms with E-state index in [0.717, 1.165) is 11.4 Å². The Kier molecular flexibility index (Phi) is 8.44. The SMILES string of the molecule is c1ccc(-c2ccc(N3c4ccccc4NC3c3ccc(-c4ccccc4C4(c5ccccc5)c5ccccc5C5(c6ccccc6)c6ccccc6-c6cccc4c65)cc3)cc2)cc1. The molecule has 65 heavy (non-hydrogen) atoms. The molecule has 0 spiro atoms. The summed E-state index contributed by atoms with van der Waals surface area (Å²) in [4.78, 5) is 2.43. The van der Waals surface area contributed by atoms with E-state index < -0.39 is 10.8 Å². The second-order valence-corrected chi connectivity index (χ2v) is 17.6. The summed E-state index contributed by atoms with van der Waals surface area (Å²) in [7, 11) is 0. The Morgan fingerprint density at radius 1 is 0.323 bits per heavy atom. The van der Waals surface area contributed by atoms with Gasteiger partial charge in [0.1, 0.15) is 6.17 Å². The Hall–Kier alpha value is -8.20. The van der Waals surface area contributed by atoms with Gasteiger partial charge in [-0.1, -0.05) is 231 Å². The Morgan fingerprint density at radius 3 is 1.49 bits per heavy atom. The maximum atomic E-state index is 3.88. The third-order valence-electron chi connectivity index (χ3n) is 14.4. The summed E-state index contributed by atoms with van der Waals surface area (Å²) in [5.41, 5.74) is 21.4. The molecule has 3 aliphatic rings. The van der Waals surface area contributed by atoms with Gasteiger partial charge in [-0.3, -0.25) is 0 Å². The largest absolute Gasteiger partial charge is 0.359 e. The quantitative estimate of drug-likeness (QED) is 0.172. The third kappa shape index (κ3) is 5.35. The van der Waals surface area contributed by atoms with Crippen LogP contribution in [0.4, 0.5) is 17.1 Å². The minimum atomic E-state index is -0.643. The van der Waals surface area contributed by atoms with Gasteiger partial charge < -0.3 is 10.2 Å². The predicted molar refractivity (Wildman–Crippen MR) is 268 cm³/mol. The molecule has 2 nitrogen and oxygen atoms in total. The summed E-state index contributed by atoms with van der Waals surface area (Å²) in [5.74, 6) is 0. The van der Waals surface area contributed by atoms with E-state index >= 15 is 0 Å². The van der Waals surface area contributed by atoms with Crippen LogP contribution in [0.5, 0.6) is 0 Å². The van der Waals surface area contributed by atoms with Gasteiger partial charge in [0, 0.05) is 5.69 Å². The number of rotatable bonds is 7. The molecule has 0 radical (unpaired) electrons. The van der Waals surface area contributed by atoms with Crippen LogP contribution in [-0.2, 0) is 10.8 Å². The summed E-state index contributed by atoms with van der Waals surface area (Å²) in [5, 5.41) is 3.88. The first-order valence-electron chi connectivity index (χ1n) is 22.7. The number of nitrogens with one attached hydrogen (secondary N) is 1. The van der Waals surface area contributed by atoms with Gasteiger partial charge in [-0.25, -0.2) is 0 Å². The molecular weight excluding hydrogens is 785 g/mol. The monoisotopic (exact) mass is 828 g/mol. The minimum Gasteiger partial charge on any atom is -0.359 e. The van der Waals surface area contributed by atoms with Crippen LogP contribution in [0.15, 0.2) is 255 Å². The van der Waals surface area contributed by atoms with E-state index in [-0.39, 0.29) is 6.17 Å². The van der Waals surface area contributed by atoms with Gasteiger partial charge in [-0.2, -0.15) is 0 Å². The van der Waals surface area contributed by atoms with Crippen LogP contribution in [0, 0.1) is 0 Å². The maximum absolute atomic E-state index is 3.88. The smallest absolute Gasteiger partial charge is 0.130 e. The fraction of sp³-hybridized carbons (Fsp3) is 0.0476. The highest BCUT2D eigenvalue weighted by Gasteiger charge is 2.57. The van der Waals surface area contributed by atoms with E-state index in [1.807, 2.05) is 0 Å². The molecule has 0 aromatic heterocycles. The summed E-state index contributed by atoms with van der Waals surface area (Å²) >= 11 is 0. The van der Waals surface area contributed by atoms with Crippen molar-refractivity contribution in [1.82, 2.24) is 0 Å². The summed E-state index contributed by atoms with van der Waals surface area (Å²) in [6, 6.07) is 94.7. The summed E-state index contributed by atoms with van der Waals surface area (Å²) < 4.78 is 0. The van der Waals surface area contributed by atoms with Crippen molar-refractivity contribution in [2.24, 2.45) is 0 Å². The Bertz CT molecular complexity index is 3400. The summed E-state index contributed by atoms with van der Waals surface area (Å²) in [6.07, 6.45) is -0.0835. The Labute approximate surface area is 380 Å². The molecule has 1 N–H and O–H groups in total. The minimum absolute atomic E-state index is 0.0835. The number of anilines is 3. The topological polar surface area (TPSA) is 15.3 Å². The number of fused-ring (bicyclic) bond motifs is 6. The van der Waals surface area contributed by atoms with Crippen LogP contribution in [0.1, 0.15) is 56.2 Å². The fourth-order valence-electron chi connectivity index (χ4n) is 11.9. The Morgan fingerprint density at radius 2 is 0.800 bits per heavy atom. The first-order chi connectivity index (χ1) is 32.3. The molecule has 0 saturated heterocycles. The normalized spacial score (nSPS) is 18.5. The molecule has 3 atom stereocenters. The lowest BCUT2D eigenvalue weighted by molar-refractivity contribution is 0.627. The van der Waals surface area contributed by atoms with Crippen molar-refractivity contribution in [2.75, 3.05) is 10.2 Å². The molecule has 0 fully saturated rings.